The maximum atomic E-state index is 12.0. The van der Waals surface area contributed by atoms with Gasteiger partial charge in [-0.1, -0.05) is 6.58 Å². The first-order chi connectivity index (χ1) is 8.44. The first kappa shape index (κ1) is 12.3. The molecule has 0 radical (unpaired) electrons. The number of alkyl halides is 3. The van der Waals surface area contributed by atoms with E-state index in [0.717, 1.165) is 10.9 Å². The maximum absolute atomic E-state index is 12.0. The predicted octanol–water partition coefficient (Wildman–Crippen LogP) is 2.60. The molecule has 0 spiro atoms. The molecule has 0 aliphatic heterocycles. The summed E-state index contributed by atoms with van der Waals surface area (Å²) in [5, 5.41) is 12.4. The summed E-state index contributed by atoms with van der Waals surface area (Å²) < 4.78 is 35.9. The van der Waals surface area contributed by atoms with Gasteiger partial charge in [-0.05, 0) is 18.2 Å². The van der Waals surface area contributed by atoms with Gasteiger partial charge in [0.25, 0.3) is 0 Å². The molecule has 0 saturated carbocycles. The summed E-state index contributed by atoms with van der Waals surface area (Å²) in [6.45, 7) is 2.36. The minimum absolute atomic E-state index is 0.0927. The lowest BCUT2D eigenvalue weighted by atomic mass is 10.2. The van der Waals surface area contributed by atoms with Crippen LogP contribution in [0.3, 0.4) is 0 Å². The van der Waals surface area contributed by atoms with E-state index in [9.17, 15) is 13.2 Å². The number of rotatable bonds is 4. The van der Waals surface area contributed by atoms with E-state index in [2.05, 4.69) is 27.4 Å². The summed E-state index contributed by atoms with van der Waals surface area (Å²) in [6, 6.07) is 5.27. The summed E-state index contributed by atoms with van der Waals surface area (Å²) >= 11 is 0. The smallest absolute Gasteiger partial charge is 0.363 e. The number of aromatic amines is 1. The Balaban J connectivity index is 1.98. The highest BCUT2D eigenvalue weighted by atomic mass is 19.4. The zero-order valence-electron chi connectivity index (χ0n) is 9.30. The molecule has 2 aromatic rings. The summed E-state index contributed by atoms with van der Waals surface area (Å²) in [6.07, 6.45) is -2.63. The van der Waals surface area contributed by atoms with Crippen molar-refractivity contribution in [3.05, 3.63) is 36.8 Å². The molecule has 3 N–H and O–H groups in total. The Bertz CT molecular complexity index is 559. The van der Waals surface area contributed by atoms with Crippen LogP contribution in [0.2, 0.25) is 0 Å². The van der Waals surface area contributed by atoms with Crippen LogP contribution in [0.4, 0.5) is 18.9 Å². The number of benzene rings is 1. The summed E-state index contributed by atoms with van der Waals surface area (Å²) in [4.78, 5) is 0. The van der Waals surface area contributed by atoms with Crippen molar-refractivity contribution < 1.29 is 13.2 Å². The van der Waals surface area contributed by atoms with Crippen LogP contribution in [0.1, 0.15) is 0 Å². The summed E-state index contributed by atoms with van der Waals surface area (Å²) in [7, 11) is 0. The molecule has 7 heteroatoms. The van der Waals surface area contributed by atoms with Crippen LogP contribution in [-0.2, 0) is 0 Å². The molecule has 0 aliphatic carbocycles. The second-order valence-corrected chi connectivity index (χ2v) is 3.74. The molecule has 96 valence electrons. The highest BCUT2D eigenvalue weighted by Gasteiger charge is 2.26. The Morgan fingerprint density at radius 3 is 2.89 bits per heavy atom. The molecule has 1 aromatic carbocycles. The van der Waals surface area contributed by atoms with Gasteiger partial charge < -0.3 is 10.6 Å². The molecular formula is C11H11F3N4. The van der Waals surface area contributed by atoms with Gasteiger partial charge in [-0.2, -0.15) is 18.3 Å². The summed E-state index contributed by atoms with van der Waals surface area (Å²) in [5.41, 5.74) is 1.50. The van der Waals surface area contributed by atoms with Crippen LogP contribution in [0.5, 0.6) is 0 Å². The van der Waals surface area contributed by atoms with E-state index in [1.807, 2.05) is 0 Å². The number of nitrogens with zero attached hydrogens (tertiary/aromatic N) is 1. The van der Waals surface area contributed by atoms with Gasteiger partial charge >= 0.3 is 6.18 Å². The molecule has 4 nitrogen and oxygen atoms in total. The molecule has 0 fully saturated rings. The first-order valence-corrected chi connectivity index (χ1v) is 5.14. The highest BCUT2D eigenvalue weighted by molar-refractivity contribution is 5.82. The van der Waals surface area contributed by atoms with Crippen molar-refractivity contribution in [2.45, 2.75) is 6.18 Å². The minimum Gasteiger partial charge on any atom is -0.363 e. The Hall–Kier alpha value is -2.18. The fourth-order valence-corrected chi connectivity index (χ4v) is 1.45. The SMILES string of the molecule is C=C(NCC(F)(F)F)Nc1ccc2[nH]ncc2c1. The number of halogens is 3. The second-order valence-electron chi connectivity index (χ2n) is 3.74. The third-order valence-corrected chi connectivity index (χ3v) is 2.24. The standard InChI is InChI=1S/C11H11F3N4/c1-7(15-6-11(12,13)14)17-9-2-3-10-8(4-9)5-16-18-10/h2-5,15,17H,1,6H2,(H,16,18). The average Bonchev–Trinajstić information content (AvgIpc) is 2.72. The first-order valence-electron chi connectivity index (χ1n) is 5.14. The number of nitrogens with one attached hydrogen (secondary N) is 3. The normalized spacial score (nSPS) is 11.5. The molecule has 1 heterocycles. The predicted molar refractivity (Wildman–Crippen MR) is 62.9 cm³/mol. The van der Waals surface area contributed by atoms with Gasteiger partial charge in [0.05, 0.1) is 17.5 Å². The van der Waals surface area contributed by atoms with Gasteiger partial charge in [-0.15, -0.1) is 0 Å². The van der Waals surface area contributed by atoms with E-state index in [1.54, 1.807) is 24.4 Å². The summed E-state index contributed by atoms with van der Waals surface area (Å²) in [5.74, 6) is 0.0927. The number of H-pyrrole nitrogens is 1. The van der Waals surface area contributed by atoms with Gasteiger partial charge in [0.1, 0.15) is 6.54 Å². The number of aromatic nitrogens is 2. The van der Waals surface area contributed by atoms with E-state index < -0.39 is 12.7 Å². The largest absolute Gasteiger partial charge is 0.405 e. The van der Waals surface area contributed by atoms with Gasteiger partial charge in [-0.3, -0.25) is 5.10 Å². The van der Waals surface area contributed by atoms with Gasteiger partial charge in [0, 0.05) is 11.1 Å². The minimum atomic E-state index is -4.26. The van der Waals surface area contributed by atoms with Crippen molar-refractivity contribution in [3.63, 3.8) is 0 Å². The Kier molecular flexibility index (Phi) is 3.14. The lowest BCUT2D eigenvalue weighted by Gasteiger charge is -2.13. The third kappa shape index (κ3) is 3.16. The van der Waals surface area contributed by atoms with Gasteiger partial charge in [0.15, 0.2) is 0 Å². The fraction of sp³-hybridized carbons (Fsp3) is 0.182. The lowest BCUT2D eigenvalue weighted by Crippen LogP contribution is -2.30. The van der Waals surface area contributed by atoms with E-state index in [-0.39, 0.29) is 5.82 Å². The van der Waals surface area contributed by atoms with Gasteiger partial charge in [-0.25, -0.2) is 0 Å². The van der Waals surface area contributed by atoms with E-state index in [4.69, 9.17) is 0 Å². The Labute approximate surface area is 101 Å². The van der Waals surface area contributed by atoms with Crippen molar-refractivity contribution in [3.8, 4) is 0 Å². The lowest BCUT2D eigenvalue weighted by molar-refractivity contribution is -0.123. The van der Waals surface area contributed by atoms with E-state index in [1.165, 1.54) is 0 Å². The molecule has 0 bridgehead atoms. The zero-order chi connectivity index (χ0) is 13.2. The van der Waals surface area contributed by atoms with Crippen molar-refractivity contribution >= 4 is 16.6 Å². The van der Waals surface area contributed by atoms with E-state index in [0.29, 0.717) is 5.69 Å². The molecule has 0 amide bonds. The van der Waals surface area contributed by atoms with Crippen LogP contribution in [0.15, 0.2) is 36.8 Å². The number of hydrogen-bond acceptors (Lipinski definition) is 3. The van der Waals surface area contributed by atoms with Crippen LogP contribution < -0.4 is 10.6 Å². The molecule has 0 atom stereocenters. The maximum Gasteiger partial charge on any atom is 0.405 e. The molecule has 0 saturated heterocycles. The van der Waals surface area contributed by atoms with Crippen LogP contribution in [-0.4, -0.2) is 22.9 Å². The molecule has 0 aliphatic rings. The topological polar surface area (TPSA) is 52.7 Å². The number of hydrogen-bond donors (Lipinski definition) is 3. The van der Waals surface area contributed by atoms with E-state index >= 15 is 0 Å². The molecular weight excluding hydrogens is 245 g/mol. The quantitative estimate of drug-likeness (QED) is 0.788. The zero-order valence-corrected chi connectivity index (χ0v) is 9.30. The van der Waals surface area contributed by atoms with Crippen molar-refractivity contribution in [2.24, 2.45) is 0 Å². The molecule has 2 rings (SSSR count). The third-order valence-electron chi connectivity index (χ3n) is 2.24. The molecule has 18 heavy (non-hydrogen) atoms. The molecule has 0 unspecified atom stereocenters. The second kappa shape index (κ2) is 4.59. The number of fused-ring (bicyclic) bond motifs is 1. The fourth-order valence-electron chi connectivity index (χ4n) is 1.45. The monoisotopic (exact) mass is 256 g/mol. The Morgan fingerprint density at radius 2 is 2.17 bits per heavy atom. The highest BCUT2D eigenvalue weighted by Crippen LogP contribution is 2.18. The number of anilines is 1. The Morgan fingerprint density at radius 1 is 1.39 bits per heavy atom. The van der Waals surface area contributed by atoms with Crippen LogP contribution >= 0.6 is 0 Å². The van der Waals surface area contributed by atoms with Crippen LogP contribution in [0, 0.1) is 0 Å². The van der Waals surface area contributed by atoms with Gasteiger partial charge in [0.2, 0.25) is 0 Å². The average molecular weight is 256 g/mol. The van der Waals surface area contributed by atoms with Crippen molar-refractivity contribution in [1.82, 2.24) is 15.5 Å². The van der Waals surface area contributed by atoms with Crippen molar-refractivity contribution in [1.29, 1.82) is 0 Å². The van der Waals surface area contributed by atoms with Crippen molar-refractivity contribution in [2.75, 3.05) is 11.9 Å². The molecule has 1 aromatic heterocycles. The van der Waals surface area contributed by atoms with Crippen LogP contribution in [0.25, 0.3) is 10.9 Å².